The van der Waals surface area contributed by atoms with Gasteiger partial charge in [-0.15, -0.1) is 0 Å². The van der Waals surface area contributed by atoms with Gasteiger partial charge in [-0.2, -0.15) is 0 Å². The average Bonchev–Trinajstić information content (AvgIpc) is 3.04. The highest BCUT2D eigenvalue weighted by Crippen LogP contribution is 2.49. The van der Waals surface area contributed by atoms with E-state index < -0.39 is 0 Å². The van der Waals surface area contributed by atoms with Gasteiger partial charge >= 0.3 is 0 Å². The molecule has 35 heavy (non-hydrogen) atoms. The Hall–Kier alpha value is -4.43. The predicted molar refractivity (Wildman–Crippen MR) is 149 cm³/mol. The van der Waals surface area contributed by atoms with Gasteiger partial charge in [-0.05, 0) is 64.8 Å². The fourth-order valence-electron chi connectivity index (χ4n) is 5.36. The summed E-state index contributed by atoms with van der Waals surface area (Å²) in [5.74, 6) is 0. The molecule has 1 aromatic heterocycles. The summed E-state index contributed by atoms with van der Waals surface area (Å²) >= 11 is 0. The maximum absolute atomic E-state index is 4.30. The maximum Gasteiger partial charge on any atom is 0.0540 e. The normalized spacial score (nSPS) is 14.5. The lowest BCUT2D eigenvalue weighted by Gasteiger charge is -2.30. The van der Waals surface area contributed by atoms with E-state index in [0.29, 0.717) is 0 Å². The highest BCUT2D eigenvalue weighted by molar-refractivity contribution is 6.09. The molecule has 2 aliphatic carbocycles. The Labute approximate surface area is 206 Å². The van der Waals surface area contributed by atoms with Gasteiger partial charge in [-0.25, -0.2) is 0 Å². The van der Waals surface area contributed by atoms with Gasteiger partial charge in [0, 0.05) is 29.0 Å². The van der Waals surface area contributed by atoms with Crippen LogP contribution in [0.1, 0.15) is 30.0 Å². The molecule has 2 aliphatic rings. The lowest BCUT2D eigenvalue weighted by Crippen LogP contribution is -2.17. The number of pyridine rings is 1. The number of anilines is 2. The van der Waals surface area contributed by atoms with Crippen molar-refractivity contribution in [2.75, 3.05) is 4.90 Å². The summed E-state index contributed by atoms with van der Waals surface area (Å²) in [6, 6.07) is 26.0. The van der Waals surface area contributed by atoms with Gasteiger partial charge in [0.15, 0.2) is 0 Å². The lowest BCUT2D eigenvalue weighted by molar-refractivity contribution is 1.24. The fourth-order valence-corrected chi connectivity index (χ4v) is 5.36. The van der Waals surface area contributed by atoms with Crippen LogP contribution >= 0.6 is 0 Å². The van der Waals surface area contributed by atoms with Gasteiger partial charge in [0.25, 0.3) is 0 Å². The molecule has 0 spiro atoms. The molecule has 0 N–H and O–H groups in total. The van der Waals surface area contributed by atoms with Crippen LogP contribution in [0.25, 0.3) is 27.6 Å². The van der Waals surface area contributed by atoms with E-state index in [-0.39, 0.29) is 0 Å². The Balaban J connectivity index is 1.61. The lowest BCUT2D eigenvalue weighted by atomic mass is 9.95. The number of rotatable bonds is 5. The second-order valence-corrected chi connectivity index (χ2v) is 8.84. The first-order valence-corrected chi connectivity index (χ1v) is 12.0. The van der Waals surface area contributed by atoms with Crippen molar-refractivity contribution in [2.24, 2.45) is 0 Å². The third-order valence-corrected chi connectivity index (χ3v) is 6.91. The van der Waals surface area contributed by atoms with Crippen LogP contribution < -0.4 is 4.90 Å². The van der Waals surface area contributed by atoms with Gasteiger partial charge in [0.1, 0.15) is 0 Å². The van der Waals surface area contributed by atoms with Gasteiger partial charge in [0.2, 0.25) is 0 Å². The molecule has 4 aromatic rings. The number of allylic oxidation sites excluding steroid dienone is 8. The van der Waals surface area contributed by atoms with E-state index in [2.05, 4.69) is 114 Å². The van der Waals surface area contributed by atoms with E-state index in [1.54, 1.807) is 0 Å². The molecule has 1 heterocycles. The number of aromatic nitrogens is 1. The van der Waals surface area contributed by atoms with Crippen LogP contribution in [-0.4, -0.2) is 4.98 Å². The SMILES string of the molecule is C=C/C=C\C1=C(C)C2=CCC=C(N(c3ccncc3)c3cccc4ccccc34)c3cccc1c32. The van der Waals surface area contributed by atoms with Crippen molar-refractivity contribution in [3.8, 4) is 0 Å². The Morgan fingerprint density at radius 2 is 1.63 bits per heavy atom. The first-order chi connectivity index (χ1) is 17.3. The van der Waals surface area contributed by atoms with E-state index >= 15 is 0 Å². The number of hydrogen-bond acceptors (Lipinski definition) is 2. The second-order valence-electron chi connectivity index (χ2n) is 8.84. The molecule has 0 bridgehead atoms. The Morgan fingerprint density at radius 1 is 0.857 bits per heavy atom. The largest absolute Gasteiger partial charge is 0.309 e. The monoisotopic (exact) mass is 450 g/mol. The van der Waals surface area contributed by atoms with Crippen molar-refractivity contribution in [1.29, 1.82) is 0 Å². The topological polar surface area (TPSA) is 16.1 Å². The van der Waals surface area contributed by atoms with Crippen molar-refractivity contribution in [1.82, 2.24) is 4.98 Å². The molecule has 168 valence electrons. The van der Waals surface area contributed by atoms with E-state index in [9.17, 15) is 0 Å². The maximum atomic E-state index is 4.30. The third-order valence-electron chi connectivity index (χ3n) is 6.91. The Morgan fingerprint density at radius 3 is 2.49 bits per heavy atom. The minimum absolute atomic E-state index is 0.862. The summed E-state index contributed by atoms with van der Waals surface area (Å²) < 4.78 is 0. The highest BCUT2D eigenvalue weighted by Gasteiger charge is 2.29. The summed E-state index contributed by atoms with van der Waals surface area (Å²) in [5.41, 5.74) is 11.2. The molecule has 3 aromatic carbocycles. The van der Waals surface area contributed by atoms with Gasteiger partial charge in [-0.1, -0.05) is 91.6 Å². The van der Waals surface area contributed by atoms with Crippen LogP contribution in [0.2, 0.25) is 0 Å². The van der Waals surface area contributed by atoms with Crippen molar-refractivity contribution in [3.05, 3.63) is 144 Å². The average molecular weight is 451 g/mol. The van der Waals surface area contributed by atoms with E-state index in [4.69, 9.17) is 0 Å². The number of benzene rings is 3. The van der Waals surface area contributed by atoms with Crippen molar-refractivity contribution < 1.29 is 0 Å². The van der Waals surface area contributed by atoms with Crippen molar-refractivity contribution in [3.63, 3.8) is 0 Å². The zero-order valence-corrected chi connectivity index (χ0v) is 19.8. The van der Waals surface area contributed by atoms with Crippen LogP contribution in [0.15, 0.2) is 128 Å². The zero-order valence-electron chi connectivity index (χ0n) is 19.8. The summed E-state index contributed by atoms with van der Waals surface area (Å²) in [7, 11) is 0. The summed E-state index contributed by atoms with van der Waals surface area (Å²) in [6.07, 6.45) is 15.4. The number of hydrogen-bond donors (Lipinski definition) is 0. The first kappa shape index (κ1) is 21.1. The fraction of sp³-hybridized carbons (Fsp3) is 0.0606. The molecule has 2 heteroatoms. The van der Waals surface area contributed by atoms with E-state index in [1.807, 2.05) is 24.5 Å². The van der Waals surface area contributed by atoms with Crippen LogP contribution in [0.4, 0.5) is 11.4 Å². The molecule has 0 amide bonds. The third kappa shape index (κ3) is 3.46. The standard InChI is InChI=1S/C33H26N2/c1-3-4-12-26-23(2)27-14-9-18-32(30-16-8-15-29(26)33(27)30)35(25-19-21-34-22-20-25)31-17-7-11-24-10-5-6-13-28(24)31/h3-8,10-22H,1,9H2,2H3/b12-4-. The molecule has 2 nitrogen and oxygen atoms in total. The molecule has 0 saturated carbocycles. The molecule has 6 rings (SSSR count). The molecule has 0 fully saturated rings. The molecule has 0 radical (unpaired) electrons. The second kappa shape index (κ2) is 8.73. The molecular weight excluding hydrogens is 424 g/mol. The van der Waals surface area contributed by atoms with Crippen LogP contribution in [0.3, 0.4) is 0 Å². The zero-order chi connectivity index (χ0) is 23.8. The molecular formula is C33H26N2. The minimum Gasteiger partial charge on any atom is -0.309 e. The van der Waals surface area contributed by atoms with Gasteiger partial charge in [0.05, 0.1) is 11.4 Å². The van der Waals surface area contributed by atoms with E-state index in [0.717, 1.165) is 17.8 Å². The molecule has 0 aliphatic heterocycles. The molecule has 0 atom stereocenters. The molecule has 0 saturated heterocycles. The predicted octanol–water partition coefficient (Wildman–Crippen LogP) is 8.73. The van der Waals surface area contributed by atoms with Crippen LogP contribution in [-0.2, 0) is 0 Å². The van der Waals surface area contributed by atoms with Gasteiger partial charge in [-0.3, -0.25) is 4.98 Å². The minimum atomic E-state index is 0.862. The summed E-state index contributed by atoms with van der Waals surface area (Å²) in [4.78, 5) is 6.69. The smallest absolute Gasteiger partial charge is 0.0540 e. The molecule has 0 unspecified atom stereocenters. The van der Waals surface area contributed by atoms with Gasteiger partial charge < -0.3 is 4.90 Å². The van der Waals surface area contributed by atoms with E-state index in [1.165, 1.54) is 49.9 Å². The first-order valence-electron chi connectivity index (χ1n) is 12.0. The van der Waals surface area contributed by atoms with Crippen LogP contribution in [0, 0.1) is 0 Å². The van der Waals surface area contributed by atoms with Crippen molar-refractivity contribution in [2.45, 2.75) is 13.3 Å². The Bertz CT molecular complexity index is 1580. The number of fused-ring (bicyclic) bond motifs is 1. The van der Waals surface area contributed by atoms with Crippen molar-refractivity contribution >= 4 is 39.0 Å². The number of nitrogens with zero attached hydrogens (tertiary/aromatic N) is 2. The Kier molecular flexibility index (Phi) is 5.27. The highest BCUT2D eigenvalue weighted by atomic mass is 15.2. The summed E-state index contributed by atoms with van der Waals surface area (Å²) in [5, 5.41) is 2.45. The quantitative estimate of drug-likeness (QED) is 0.283. The summed E-state index contributed by atoms with van der Waals surface area (Å²) in [6.45, 7) is 6.10. The van der Waals surface area contributed by atoms with Crippen LogP contribution in [0.5, 0.6) is 0 Å².